The molecule has 1 aliphatic carbocycles. The van der Waals surface area contributed by atoms with Gasteiger partial charge < -0.3 is 10.2 Å². The summed E-state index contributed by atoms with van der Waals surface area (Å²) in [7, 11) is 0. The number of piperidine rings is 1. The zero-order valence-corrected chi connectivity index (χ0v) is 13.8. The summed E-state index contributed by atoms with van der Waals surface area (Å²) < 4.78 is 0. The van der Waals surface area contributed by atoms with Gasteiger partial charge in [0.25, 0.3) is 0 Å². The highest BCUT2D eigenvalue weighted by atomic mass is 32.1. The Balaban J connectivity index is 1.37. The van der Waals surface area contributed by atoms with Crippen LogP contribution in [0.25, 0.3) is 0 Å². The number of hydrogen-bond acceptors (Lipinski definition) is 4. The first kappa shape index (κ1) is 15.5. The van der Waals surface area contributed by atoms with Crippen molar-refractivity contribution in [2.75, 3.05) is 19.6 Å². The summed E-state index contributed by atoms with van der Waals surface area (Å²) >= 11 is 1.64. The molecule has 0 aromatic carbocycles. The van der Waals surface area contributed by atoms with Crippen LogP contribution in [-0.2, 0) is 16.0 Å². The van der Waals surface area contributed by atoms with Crippen molar-refractivity contribution >= 4 is 23.2 Å². The van der Waals surface area contributed by atoms with Crippen LogP contribution in [0.15, 0.2) is 5.38 Å². The number of likely N-dealkylation sites (tertiary alicyclic amines) is 1. The minimum absolute atomic E-state index is 0.0559. The summed E-state index contributed by atoms with van der Waals surface area (Å²) in [4.78, 5) is 30.5. The fourth-order valence-electron chi connectivity index (χ4n) is 2.93. The van der Waals surface area contributed by atoms with E-state index in [0.29, 0.717) is 12.5 Å². The normalized spacial score (nSPS) is 19.2. The van der Waals surface area contributed by atoms with Crippen LogP contribution in [0.3, 0.4) is 0 Å². The first-order chi connectivity index (χ1) is 10.6. The van der Waals surface area contributed by atoms with Crippen molar-refractivity contribution in [1.29, 1.82) is 0 Å². The van der Waals surface area contributed by atoms with E-state index in [1.54, 1.807) is 11.3 Å². The maximum absolute atomic E-state index is 12.2. The largest absolute Gasteiger partial charge is 0.355 e. The van der Waals surface area contributed by atoms with Crippen LogP contribution in [0.2, 0.25) is 0 Å². The highest BCUT2D eigenvalue weighted by Crippen LogP contribution is 2.32. The van der Waals surface area contributed by atoms with E-state index in [4.69, 9.17) is 0 Å². The number of hydrogen-bond donors (Lipinski definition) is 1. The fraction of sp³-hybridized carbons (Fsp3) is 0.688. The molecule has 1 aromatic heterocycles. The Bertz CT molecular complexity index is 545. The molecule has 0 bridgehead atoms. The van der Waals surface area contributed by atoms with Gasteiger partial charge in [-0.05, 0) is 32.6 Å². The van der Waals surface area contributed by atoms with Crippen molar-refractivity contribution in [3.63, 3.8) is 0 Å². The topological polar surface area (TPSA) is 62.3 Å². The Morgan fingerprint density at radius 2 is 2.00 bits per heavy atom. The van der Waals surface area contributed by atoms with Crippen molar-refractivity contribution in [2.24, 2.45) is 11.8 Å². The standard InChI is InChI=1S/C16H23N3O2S/c1-11-18-14(10-22-11)4-7-17-15(20)12-5-8-19(9-6-12)16(21)13-2-3-13/h10,12-13H,2-9H2,1H3,(H,17,20). The molecule has 1 aliphatic heterocycles. The summed E-state index contributed by atoms with van der Waals surface area (Å²) in [6.45, 7) is 4.10. The van der Waals surface area contributed by atoms with Crippen LogP contribution < -0.4 is 5.32 Å². The molecule has 22 heavy (non-hydrogen) atoms. The molecule has 1 saturated heterocycles. The van der Waals surface area contributed by atoms with Gasteiger partial charge in [-0.15, -0.1) is 11.3 Å². The summed E-state index contributed by atoms with van der Waals surface area (Å²) in [6.07, 6.45) is 4.47. The summed E-state index contributed by atoms with van der Waals surface area (Å²) in [5.41, 5.74) is 1.05. The Labute approximate surface area is 135 Å². The second-order valence-electron chi connectivity index (χ2n) is 6.27. The van der Waals surface area contributed by atoms with Gasteiger partial charge in [0.15, 0.2) is 0 Å². The Morgan fingerprint density at radius 1 is 1.27 bits per heavy atom. The molecule has 2 heterocycles. The number of aromatic nitrogens is 1. The lowest BCUT2D eigenvalue weighted by Gasteiger charge is -2.31. The van der Waals surface area contributed by atoms with E-state index in [2.05, 4.69) is 10.3 Å². The maximum Gasteiger partial charge on any atom is 0.225 e. The van der Waals surface area contributed by atoms with Crippen LogP contribution in [0.4, 0.5) is 0 Å². The molecule has 2 fully saturated rings. The highest BCUT2D eigenvalue weighted by molar-refractivity contribution is 7.09. The molecule has 1 saturated carbocycles. The van der Waals surface area contributed by atoms with Crippen molar-refractivity contribution in [1.82, 2.24) is 15.2 Å². The maximum atomic E-state index is 12.2. The third kappa shape index (κ3) is 3.85. The molecule has 1 N–H and O–H groups in total. The van der Waals surface area contributed by atoms with Gasteiger partial charge in [-0.3, -0.25) is 9.59 Å². The second kappa shape index (κ2) is 6.77. The van der Waals surface area contributed by atoms with Crippen LogP contribution in [-0.4, -0.2) is 41.3 Å². The Morgan fingerprint density at radius 3 is 2.59 bits per heavy atom. The van der Waals surface area contributed by atoms with Crippen LogP contribution >= 0.6 is 11.3 Å². The summed E-state index contributed by atoms with van der Waals surface area (Å²) in [5.74, 6) is 0.774. The smallest absolute Gasteiger partial charge is 0.225 e. The van der Waals surface area contributed by atoms with Gasteiger partial charge in [0.05, 0.1) is 10.7 Å². The first-order valence-electron chi connectivity index (χ1n) is 8.11. The molecule has 3 rings (SSSR count). The SMILES string of the molecule is Cc1nc(CCNC(=O)C2CCN(C(=O)C3CC3)CC2)cs1. The Kier molecular flexibility index (Phi) is 4.76. The molecular formula is C16H23N3O2S. The van der Waals surface area contributed by atoms with Crippen LogP contribution in [0.1, 0.15) is 36.4 Å². The lowest BCUT2D eigenvalue weighted by atomic mass is 9.95. The Hall–Kier alpha value is -1.43. The van der Waals surface area contributed by atoms with Crippen molar-refractivity contribution in [2.45, 2.75) is 39.0 Å². The first-order valence-corrected chi connectivity index (χ1v) is 8.99. The zero-order chi connectivity index (χ0) is 15.5. The van der Waals surface area contributed by atoms with E-state index in [9.17, 15) is 9.59 Å². The van der Waals surface area contributed by atoms with Crippen LogP contribution in [0.5, 0.6) is 0 Å². The fourth-order valence-corrected chi connectivity index (χ4v) is 3.58. The van der Waals surface area contributed by atoms with Crippen molar-refractivity contribution < 1.29 is 9.59 Å². The molecule has 120 valence electrons. The van der Waals surface area contributed by atoms with Crippen LogP contribution in [0, 0.1) is 18.8 Å². The molecular weight excluding hydrogens is 298 g/mol. The predicted octanol–water partition coefficient (Wildman–Crippen LogP) is 1.76. The number of amides is 2. The number of carbonyl (C=O) groups excluding carboxylic acids is 2. The minimum atomic E-state index is 0.0559. The lowest BCUT2D eigenvalue weighted by Crippen LogP contribution is -2.43. The van der Waals surface area contributed by atoms with Crippen molar-refractivity contribution in [3.05, 3.63) is 16.1 Å². The van der Waals surface area contributed by atoms with Gasteiger partial charge in [-0.2, -0.15) is 0 Å². The van der Waals surface area contributed by atoms with E-state index in [-0.39, 0.29) is 17.7 Å². The predicted molar refractivity (Wildman–Crippen MR) is 85.6 cm³/mol. The zero-order valence-electron chi connectivity index (χ0n) is 13.0. The third-order valence-corrected chi connectivity index (χ3v) is 5.27. The molecule has 2 amide bonds. The number of nitrogens with zero attached hydrogens (tertiary/aromatic N) is 2. The molecule has 0 unspecified atom stereocenters. The quantitative estimate of drug-likeness (QED) is 0.899. The van der Waals surface area contributed by atoms with Crippen molar-refractivity contribution in [3.8, 4) is 0 Å². The number of carbonyl (C=O) groups is 2. The number of aryl methyl sites for hydroxylation is 1. The van der Waals surface area contributed by atoms with E-state index < -0.39 is 0 Å². The summed E-state index contributed by atoms with van der Waals surface area (Å²) in [5, 5.41) is 6.12. The molecule has 6 heteroatoms. The van der Waals surface area contributed by atoms with Gasteiger partial charge in [0, 0.05) is 43.3 Å². The van der Waals surface area contributed by atoms with Gasteiger partial charge >= 0.3 is 0 Å². The van der Waals surface area contributed by atoms with Gasteiger partial charge in [-0.1, -0.05) is 0 Å². The average Bonchev–Trinajstić information content (AvgIpc) is 3.30. The molecule has 1 aromatic rings. The molecule has 0 atom stereocenters. The van der Waals surface area contributed by atoms with E-state index in [1.807, 2.05) is 17.2 Å². The van der Waals surface area contributed by atoms with E-state index in [1.165, 1.54) is 0 Å². The molecule has 2 aliphatic rings. The van der Waals surface area contributed by atoms with Gasteiger partial charge in [0.1, 0.15) is 0 Å². The molecule has 0 spiro atoms. The monoisotopic (exact) mass is 321 g/mol. The average molecular weight is 321 g/mol. The van der Waals surface area contributed by atoms with Gasteiger partial charge in [0.2, 0.25) is 11.8 Å². The third-order valence-electron chi connectivity index (χ3n) is 4.45. The van der Waals surface area contributed by atoms with Gasteiger partial charge in [-0.25, -0.2) is 4.98 Å². The van der Waals surface area contributed by atoms with E-state index in [0.717, 1.165) is 55.9 Å². The minimum Gasteiger partial charge on any atom is -0.355 e. The number of nitrogens with one attached hydrogen (secondary N) is 1. The molecule has 5 nitrogen and oxygen atoms in total. The summed E-state index contributed by atoms with van der Waals surface area (Å²) in [6, 6.07) is 0. The lowest BCUT2D eigenvalue weighted by molar-refractivity contribution is -0.136. The molecule has 0 radical (unpaired) electrons. The highest BCUT2D eigenvalue weighted by Gasteiger charge is 2.35. The second-order valence-corrected chi connectivity index (χ2v) is 7.33. The van der Waals surface area contributed by atoms with E-state index >= 15 is 0 Å². The number of rotatable bonds is 5. The number of thiazole rings is 1.